The molecule has 0 aliphatic carbocycles. The van der Waals surface area contributed by atoms with Crippen molar-refractivity contribution in [2.24, 2.45) is 0 Å². The Morgan fingerprint density at radius 1 is 1.22 bits per heavy atom. The van der Waals surface area contributed by atoms with Crippen LogP contribution in [0.25, 0.3) is 0 Å². The average Bonchev–Trinajstić information content (AvgIpc) is 2.32. The third kappa shape index (κ3) is 2.54. The maximum absolute atomic E-state index is 13.7. The summed E-state index contributed by atoms with van der Waals surface area (Å²) in [6, 6.07) is 3.68. The van der Waals surface area contributed by atoms with Crippen LogP contribution in [-0.4, -0.2) is 29.1 Å². The molecule has 2 nitrogen and oxygen atoms in total. The number of benzene rings is 1. The van der Waals surface area contributed by atoms with E-state index in [0.717, 1.165) is 18.2 Å². The molecule has 0 unspecified atom stereocenters. The van der Waals surface area contributed by atoms with Gasteiger partial charge in [-0.05, 0) is 44.9 Å². The molecule has 1 saturated heterocycles. The van der Waals surface area contributed by atoms with Crippen LogP contribution in [0.15, 0.2) is 18.2 Å². The Kier molecular flexibility index (Phi) is 3.69. The molecule has 1 N–H and O–H groups in total. The highest BCUT2D eigenvalue weighted by Gasteiger charge is 2.36. The van der Waals surface area contributed by atoms with Crippen LogP contribution in [0.1, 0.15) is 32.3 Å². The Balaban J connectivity index is 2.20. The fourth-order valence-corrected chi connectivity index (χ4v) is 2.53. The quantitative estimate of drug-likeness (QED) is 0.878. The van der Waals surface area contributed by atoms with E-state index >= 15 is 0 Å². The lowest BCUT2D eigenvalue weighted by molar-refractivity contribution is -0.0350. The van der Waals surface area contributed by atoms with Crippen molar-refractivity contribution in [2.45, 2.75) is 38.3 Å². The molecule has 0 atom stereocenters. The molecule has 1 heterocycles. The fraction of sp³-hybridized carbons (Fsp3) is 0.571. The summed E-state index contributed by atoms with van der Waals surface area (Å²) < 4.78 is 26.9. The SMILES string of the molecule is CC(C)N1CCC(O)(c2cc(F)ccc2F)CC1. The highest BCUT2D eigenvalue weighted by Crippen LogP contribution is 2.35. The van der Waals surface area contributed by atoms with Crippen LogP contribution in [-0.2, 0) is 5.60 Å². The highest BCUT2D eigenvalue weighted by atomic mass is 19.1. The molecule has 1 fully saturated rings. The molecule has 4 heteroatoms. The van der Waals surface area contributed by atoms with Crippen molar-refractivity contribution in [3.8, 4) is 0 Å². The molecule has 18 heavy (non-hydrogen) atoms. The fourth-order valence-electron chi connectivity index (χ4n) is 2.53. The molecule has 1 aromatic carbocycles. The van der Waals surface area contributed by atoms with Gasteiger partial charge in [0.05, 0.1) is 5.60 Å². The third-order valence-electron chi connectivity index (χ3n) is 3.79. The van der Waals surface area contributed by atoms with Crippen molar-refractivity contribution >= 4 is 0 Å². The predicted molar refractivity (Wildman–Crippen MR) is 66.2 cm³/mol. The van der Waals surface area contributed by atoms with Gasteiger partial charge in [-0.15, -0.1) is 0 Å². The lowest BCUT2D eigenvalue weighted by Gasteiger charge is -2.40. The van der Waals surface area contributed by atoms with Crippen LogP contribution in [0, 0.1) is 11.6 Å². The number of halogens is 2. The summed E-state index contributed by atoms with van der Waals surface area (Å²) in [6.45, 7) is 5.58. The van der Waals surface area contributed by atoms with Crippen molar-refractivity contribution in [3.05, 3.63) is 35.4 Å². The van der Waals surface area contributed by atoms with E-state index in [1.54, 1.807) is 0 Å². The highest BCUT2D eigenvalue weighted by molar-refractivity contribution is 5.26. The van der Waals surface area contributed by atoms with Gasteiger partial charge in [-0.25, -0.2) is 8.78 Å². The third-order valence-corrected chi connectivity index (χ3v) is 3.79. The normalized spacial score (nSPS) is 20.3. The van der Waals surface area contributed by atoms with E-state index in [1.165, 1.54) is 0 Å². The van der Waals surface area contributed by atoms with Crippen molar-refractivity contribution in [2.75, 3.05) is 13.1 Å². The lowest BCUT2D eigenvalue weighted by Crippen LogP contribution is -2.45. The lowest BCUT2D eigenvalue weighted by atomic mass is 9.83. The number of hydrogen-bond acceptors (Lipinski definition) is 2. The van der Waals surface area contributed by atoms with E-state index in [4.69, 9.17) is 0 Å². The molecule has 1 aliphatic heterocycles. The Morgan fingerprint density at radius 3 is 2.39 bits per heavy atom. The van der Waals surface area contributed by atoms with Crippen molar-refractivity contribution < 1.29 is 13.9 Å². The summed E-state index contributed by atoms with van der Waals surface area (Å²) >= 11 is 0. The summed E-state index contributed by atoms with van der Waals surface area (Å²) in [4.78, 5) is 2.23. The molecule has 0 amide bonds. The van der Waals surface area contributed by atoms with Crippen LogP contribution >= 0.6 is 0 Å². The van der Waals surface area contributed by atoms with Gasteiger partial charge in [0.25, 0.3) is 0 Å². The first kappa shape index (κ1) is 13.4. The minimum Gasteiger partial charge on any atom is -0.385 e. The Morgan fingerprint density at radius 2 is 1.83 bits per heavy atom. The van der Waals surface area contributed by atoms with Crippen LogP contribution in [0.2, 0.25) is 0 Å². The minimum atomic E-state index is -1.24. The molecule has 0 bridgehead atoms. The predicted octanol–water partition coefficient (Wildman–Crippen LogP) is 2.66. The number of hydrogen-bond donors (Lipinski definition) is 1. The first-order chi connectivity index (χ1) is 8.42. The standard InChI is InChI=1S/C14H19F2NO/c1-10(2)17-7-5-14(18,6-8-17)12-9-11(15)3-4-13(12)16/h3-4,9-10,18H,5-8H2,1-2H3. The van der Waals surface area contributed by atoms with Crippen molar-refractivity contribution in [1.29, 1.82) is 0 Å². The van der Waals surface area contributed by atoms with Crippen LogP contribution in [0.3, 0.4) is 0 Å². The maximum Gasteiger partial charge on any atom is 0.129 e. The molecule has 1 aliphatic rings. The second kappa shape index (κ2) is 4.94. The van der Waals surface area contributed by atoms with Crippen LogP contribution < -0.4 is 0 Å². The summed E-state index contributed by atoms with van der Waals surface area (Å²) in [7, 11) is 0. The summed E-state index contributed by atoms with van der Waals surface area (Å²) in [5.74, 6) is -1.04. The molecule has 1 aromatic rings. The maximum atomic E-state index is 13.7. The van der Waals surface area contributed by atoms with Crippen molar-refractivity contribution in [1.82, 2.24) is 4.90 Å². The van der Waals surface area contributed by atoms with Crippen molar-refractivity contribution in [3.63, 3.8) is 0 Å². The number of aliphatic hydroxyl groups is 1. The first-order valence-electron chi connectivity index (χ1n) is 6.34. The number of piperidine rings is 1. The van der Waals surface area contributed by atoms with E-state index in [-0.39, 0.29) is 5.56 Å². The number of nitrogens with zero attached hydrogens (tertiary/aromatic N) is 1. The van der Waals surface area contributed by atoms with Crippen LogP contribution in [0.5, 0.6) is 0 Å². The van der Waals surface area contributed by atoms with Gasteiger partial charge < -0.3 is 10.0 Å². The molecule has 0 radical (unpaired) electrons. The average molecular weight is 255 g/mol. The number of likely N-dealkylation sites (tertiary alicyclic amines) is 1. The first-order valence-corrected chi connectivity index (χ1v) is 6.34. The molecule has 0 saturated carbocycles. The molecular formula is C14H19F2NO. The molecule has 0 aromatic heterocycles. The van der Waals surface area contributed by atoms with Gasteiger partial charge in [0, 0.05) is 24.7 Å². The van der Waals surface area contributed by atoms with Crippen LogP contribution in [0.4, 0.5) is 8.78 Å². The van der Waals surface area contributed by atoms with E-state index in [0.29, 0.717) is 32.0 Å². The van der Waals surface area contributed by atoms with Gasteiger partial charge in [0.1, 0.15) is 11.6 Å². The Bertz CT molecular complexity index is 426. The van der Waals surface area contributed by atoms with Gasteiger partial charge in [-0.2, -0.15) is 0 Å². The van der Waals surface area contributed by atoms with E-state index in [1.807, 2.05) is 0 Å². The summed E-state index contributed by atoms with van der Waals surface area (Å²) in [6.07, 6.45) is 0.872. The zero-order valence-electron chi connectivity index (χ0n) is 10.8. The largest absolute Gasteiger partial charge is 0.385 e. The molecule has 0 spiro atoms. The van der Waals surface area contributed by atoms with Gasteiger partial charge >= 0.3 is 0 Å². The summed E-state index contributed by atoms with van der Waals surface area (Å²) in [5, 5.41) is 10.5. The molecule has 2 rings (SSSR count). The van der Waals surface area contributed by atoms with E-state index < -0.39 is 17.2 Å². The second-order valence-corrected chi connectivity index (χ2v) is 5.29. The monoisotopic (exact) mass is 255 g/mol. The Hall–Kier alpha value is -1.00. The smallest absolute Gasteiger partial charge is 0.129 e. The zero-order valence-corrected chi connectivity index (χ0v) is 10.8. The van der Waals surface area contributed by atoms with Gasteiger partial charge in [-0.3, -0.25) is 0 Å². The van der Waals surface area contributed by atoms with Gasteiger partial charge in [-0.1, -0.05) is 0 Å². The molecule has 100 valence electrons. The van der Waals surface area contributed by atoms with E-state index in [2.05, 4.69) is 18.7 Å². The zero-order chi connectivity index (χ0) is 13.3. The second-order valence-electron chi connectivity index (χ2n) is 5.29. The van der Waals surface area contributed by atoms with Gasteiger partial charge in [0.2, 0.25) is 0 Å². The summed E-state index contributed by atoms with van der Waals surface area (Å²) in [5.41, 5.74) is -1.15. The minimum absolute atomic E-state index is 0.0888. The van der Waals surface area contributed by atoms with Gasteiger partial charge in [0.15, 0.2) is 0 Å². The number of rotatable bonds is 2. The van der Waals surface area contributed by atoms with E-state index in [9.17, 15) is 13.9 Å². The topological polar surface area (TPSA) is 23.5 Å². The molecular weight excluding hydrogens is 236 g/mol. The Labute approximate surface area is 106 Å².